The largest absolute Gasteiger partial charge is 0.508 e. The van der Waals surface area contributed by atoms with Gasteiger partial charge in [-0.2, -0.15) is 5.10 Å². The molecule has 25 heavy (non-hydrogen) atoms. The van der Waals surface area contributed by atoms with Crippen molar-refractivity contribution in [2.24, 2.45) is 0 Å². The number of nitrogens with zero attached hydrogens (tertiary/aromatic N) is 3. The topological polar surface area (TPSA) is 79.6 Å². The maximum atomic E-state index is 12.6. The normalized spacial score (nSPS) is 18.8. The molecular formula is C18H24N4O3. The number of carbonyl (C=O) groups is 1. The monoisotopic (exact) mass is 344 g/mol. The second kappa shape index (κ2) is 7.57. The number of ether oxygens (including phenoxy) is 1. The smallest absolute Gasteiger partial charge is 0.318 e. The molecule has 0 bridgehead atoms. The van der Waals surface area contributed by atoms with Gasteiger partial charge in [-0.25, -0.2) is 4.79 Å². The first-order valence-corrected chi connectivity index (χ1v) is 8.55. The summed E-state index contributed by atoms with van der Waals surface area (Å²) in [7, 11) is 0. The van der Waals surface area contributed by atoms with Crippen molar-refractivity contribution in [1.82, 2.24) is 20.0 Å². The maximum absolute atomic E-state index is 12.6. The van der Waals surface area contributed by atoms with Crippen molar-refractivity contribution in [3.63, 3.8) is 0 Å². The molecular weight excluding hydrogens is 320 g/mol. The number of nitrogens with one attached hydrogen (secondary N) is 1. The van der Waals surface area contributed by atoms with E-state index in [4.69, 9.17) is 4.74 Å². The summed E-state index contributed by atoms with van der Waals surface area (Å²) in [5, 5.41) is 16.8. The van der Waals surface area contributed by atoms with Crippen molar-refractivity contribution < 1.29 is 14.6 Å². The SMILES string of the molecule is CCn1cc([C@@H]2CN(C(=O)N[C@H](C)c3cccc(O)c3)CCO2)cn1. The molecule has 2 heterocycles. The summed E-state index contributed by atoms with van der Waals surface area (Å²) in [5.74, 6) is 0.193. The first-order valence-electron chi connectivity index (χ1n) is 8.55. The van der Waals surface area contributed by atoms with E-state index < -0.39 is 0 Å². The molecule has 3 rings (SSSR count). The molecule has 7 heteroatoms. The van der Waals surface area contributed by atoms with Crippen LogP contribution in [0.5, 0.6) is 5.75 Å². The number of aromatic nitrogens is 2. The van der Waals surface area contributed by atoms with Crippen LogP contribution in [0.2, 0.25) is 0 Å². The molecule has 1 fully saturated rings. The Labute approximate surface area is 147 Å². The molecule has 0 saturated carbocycles. The number of amides is 2. The number of hydrogen-bond acceptors (Lipinski definition) is 4. The Bertz CT molecular complexity index is 731. The van der Waals surface area contributed by atoms with Crippen LogP contribution in [-0.4, -0.2) is 45.5 Å². The molecule has 0 unspecified atom stereocenters. The Morgan fingerprint density at radius 3 is 3.08 bits per heavy atom. The van der Waals surface area contributed by atoms with Gasteiger partial charge >= 0.3 is 6.03 Å². The van der Waals surface area contributed by atoms with Gasteiger partial charge in [0, 0.05) is 24.8 Å². The van der Waals surface area contributed by atoms with Crippen LogP contribution in [0.1, 0.15) is 37.1 Å². The van der Waals surface area contributed by atoms with Crippen molar-refractivity contribution in [1.29, 1.82) is 0 Å². The van der Waals surface area contributed by atoms with E-state index in [0.717, 1.165) is 17.7 Å². The number of rotatable bonds is 4. The number of aromatic hydroxyl groups is 1. The molecule has 2 amide bonds. The van der Waals surface area contributed by atoms with Crippen molar-refractivity contribution in [3.8, 4) is 5.75 Å². The maximum Gasteiger partial charge on any atom is 0.318 e. The molecule has 0 aliphatic carbocycles. The van der Waals surface area contributed by atoms with Crippen LogP contribution < -0.4 is 5.32 Å². The summed E-state index contributed by atoms with van der Waals surface area (Å²) in [6, 6.07) is 6.60. The molecule has 0 spiro atoms. The lowest BCUT2D eigenvalue weighted by molar-refractivity contribution is -0.0157. The highest BCUT2D eigenvalue weighted by molar-refractivity contribution is 5.75. The highest BCUT2D eigenvalue weighted by atomic mass is 16.5. The van der Waals surface area contributed by atoms with Gasteiger partial charge in [-0.15, -0.1) is 0 Å². The molecule has 1 aliphatic heterocycles. The summed E-state index contributed by atoms with van der Waals surface area (Å²) in [6.45, 7) is 6.27. The third kappa shape index (κ3) is 4.11. The van der Waals surface area contributed by atoms with Crippen LogP contribution in [0.15, 0.2) is 36.7 Å². The van der Waals surface area contributed by atoms with E-state index in [1.165, 1.54) is 0 Å². The predicted molar refractivity (Wildman–Crippen MR) is 93.2 cm³/mol. The van der Waals surface area contributed by atoms with E-state index in [-0.39, 0.29) is 23.9 Å². The summed E-state index contributed by atoms with van der Waals surface area (Å²) >= 11 is 0. The Balaban J connectivity index is 1.61. The van der Waals surface area contributed by atoms with Crippen molar-refractivity contribution in [3.05, 3.63) is 47.8 Å². The quantitative estimate of drug-likeness (QED) is 0.893. The number of aryl methyl sites for hydroxylation is 1. The molecule has 7 nitrogen and oxygen atoms in total. The highest BCUT2D eigenvalue weighted by Gasteiger charge is 2.27. The van der Waals surface area contributed by atoms with Gasteiger partial charge in [0.2, 0.25) is 0 Å². The second-order valence-electron chi connectivity index (χ2n) is 6.20. The van der Waals surface area contributed by atoms with Gasteiger partial charge < -0.3 is 20.1 Å². The van der Waals surface area contributed by atoms with Crippen molar-refractivity contribution in [2.45, 2.75) is 32.5 Å². The van der Waals surface area contributed by atoms with E-state index in [1.54, 1.807) is 29.3 Å². The molecule has 1 saturated heterocycles. The number of urea groups is 1. The van der Waals surface area contributed by atoms with Gasteiger partial charge in [-0.3, -0.25) is 4.68 Å². The van der Waals surface area contributed by atoms with Gasteiger partial charge in [-0.1, -0.05) is 12.1 Å². The van der Waals surface area contributed by atoms with Gasteiger partial charge in [-0.05, 0) is 31.5 Å². The van der Waals surface area contributed by atoms with Gasteiger partial charge in [0.1, 0.15) is 11.9 Å². The molecule has 2 aromatic rings. The lowest BCUT2D eigenvalue weighted by atomic mass is 10.1. The second-order valence-corrected chi connectivity index (χ2v) is 6.20. The Morgan fingerprint density at radius 1 is 1.52 bits per heavy atom. The molecule has 2 N–H and O–H groups in total. The Hall–Kier alpha value is -2.54. The first-order chi connectivity index (χ1) is 12.1. The van der Waals surface area contributed by atoms with Gasteiger partial charge in [0.25, 0.3) is 0 Å². The van der Waals surface area contributed by atoms with E-state index in [0.29, 0.717) is 19.7 Å². The zero-order chi connectivity index (χ0) is 17.8. The lowest BCUT2D eigenvalue weighted by Gasteiger charge is -2.33. The minimum absolute atomic E-state index is 0.132. The summed E-state index contributed by atoms with van der Waals surface area (Å²) < 4.78 is 7.65. The summed E-state index contributed by atoms with van der Waals surface area (Å²) in [6.07, 6.45) is 3.60. The van der Waals surface area contributed by atoms with E-state index in [9.17, 15) is 9.90 Å². The molecule has 1 aliphatic rings. The van der Waals surface area contributed by atoms with Crippen LogP contribution in [0.4, 0.5) is 4.79 Å². The average molecular weight is 344 g/mol. The fourth-order valence-corrected chi connectivity index (χ4v) is 2.91. The molecule has 1 aromatic heterocycles. The lowest BCUT2D eigenvalue weighted by Crippen LogP contribution is -2.47. The van der Waals surface area contributed by atoms with Crippen LogP contribution in [0, 0.1) is 0 Å². The number of phenolic OH excluding ortho intramolecular Hbond substituents is 1. The summed E-state index contributed by atoms with van der Waals surface area (Å²) in [4.78, 5) is 14.3. The van der Waals surface area contributed by atoms with Crippen molar-refractivity contribution >= 4 is 6.03 Å². The number of hydrogen-bond donors (Lipinski definition) is 2. The molecule has 0 radical (unpaired) electrons. The minimum atomic E-state index is -0.191. The zero-order valence-corrected chi connectivity index (χ0v) is 14.6. The van der Waals surface area contributed by atoms with Gasteiger partial charge in [0.15, 0.2) is 0 Å². The zero-order valence-electron chi connectivity index (χ0n) is 14.6. The molecule has 134 valence electrons. The highest BCUT2D eigenvalue weighted by Crippen LogP contribution is 2.23. The third-order valence-electron chi connectivity index (χ3n) is 4.41. The third-order valence-corrected chi connectivity index (χ3v) is 4.41. The fraction of sp³-hybridized carbons (Fsp3) is 0.444. The number of phenols is 1. The van der Waals surface area contributed by atoms with Crippen LogP contribution in [-0.2, 0) is 11.3 Å². The number of carbonyl (C=O) groups excluding carboxylic acids is 1. The van der Waals surface area contributed by atoms with E-state index in [2.05, 4.69) is 10.4 Å². The van der Waals surface area contributed by atoms with E-state index >= 15 is 0 Å². The van der Waals surface area contributed by atoms with Crippen LogP contribution in [0.3, 0.4) is 0 Å². The first kappa shape index (κ1) is 17.3. The van der Waals surface area contributed by atoms with Crippen LogP contribution in [0.25, 0.3) is 0 Å². The Kier molecular flexibility index (Phi) is 5.23. The molecule has 2 atom stereocenters. The fourth-order valence-electron chi connectivity index (χ4n) is 2.91. The predicted octanol–water partition coefficient (Wildman–Crippen LogP) is 2.45. The standard InChI is InChI=1S/C18H24N4O3/c1-3-22-11-15(10-19-22)17-12-21(7-8-25-17)18(24)20-13(2)14-5-4-6-16(23)9-14/h4-6,9-11,13,17,23H,3,7-8,12H2,1-2H3,(H,20,24)/t13-,17+/m1/s1. The van der Waals surface area contributed by atoms with E-state index in [1.807, 2.05) is 30.8 Å². The van der Waals surface area contributed by atoms with Crippen LogP contribution >= 0.6 is 0 Å². The number of morpholine rings is 1. The van der Waals surface area contributed by atoms with Crippen molar-refractivity contribution in [2.75, 3.05) is 19.7 Å². The number of benzene rings is 1. The van der Waals surface area contributed by atoms with Gasteiger partial charge in [0.05, 0.1) is 25.4 Å². The summed E-state index contributed by atoms with van der Waals surface area (Å²) in [5.41, 5.74) is 1.85. The average Bonchev–Trinajstić information content (AvgIpc) is 3.11. The Morgan fingerprint density at radius 2 is 2.36 bits per heavy atom. The molecule has 1 aromatic carbocycles. The minimum Gasteiger partial charge on any atom is -0.508 e.